The molecule has 110 valence electrons. The summed E-state index contributed by atoms with van der Waals surface area (Å²) in [6, 6.07) is 6.01. The molecule has 3 nitrogen and oxygen atoms in total. The van der Waals surface area contributed by atoms with Crippen LogP contribution in [-0.4, -0.2) is 5.11 Å². The first-order valence-corrected chi connectivity index (χ1v) is 7.44. The molecule has 1 aromatic rings. The maximum atomic E-state index is 10.6. The quantitative estimate of drug-likeness (QED) is 0.872. The zero-order valence-electron chi connectivity index (χ0n) is 12.9. The van der Waals surface area contributed by atoms with Gasteiger partial charge < -0.3 is 9.52 Å². The Hall–Kier alpha value is -1.27. The Morgan fingerprint density at radius 1 is 1.35 bits per heavy atom. The fourth-order valence-corrected chi connectivity index (χ4v) is 3.32. The van der Waals surface area contributed by atoms with Crippen molar-refractivity contribution in [1.29, 1.82) is 5.26 Å². The molecule has 0 amide bonds. The monoisotopic (exact) mass is 275 g/mol. The Balaban J connectivity index is 2.15. The van der Waals surface area contributed by atoms with E-state index in [1.807, 2.05) is 13.0 Å². The molecule has 0 bridgehead atoms. The number of furan rings is 1. The van der Waals surface area contributed by atoms with Gasteiger partial charge in [-0.15, -0.1) is 0 Å². The molecule has 1 atom stereocenters. The minimum Gasteiger partial charge on any atom is -0.464 e. The summed E-state index contributed by atoms with van der Waals surface area (Å²) in [6.45, 7) is 8.61. The van der Waals surface area contributed by atoms with Crippen LogP contribution in [0, 0.1) is 35.0 Å². The first-order valence-electron chi connectivity index (χ1n) is 7.44. The molecule has 2 rings (SSSR count). The normalized spacial score (nSPS) is 28.9. The van der Waals surface area contributed by atoms with Gasteiger partial charge >= 0.3 is 0 Å². The standard InChI is InChI=1S/C17H25NO2/c1-12-5-6-14(20-12)15(19)17(11-18)9-7-13(8-10-17)16(2,3)4/h5-6,13,15,19H,7-10H2,1-4H3. The number of aryl methyl sites for hydroxylation is 1. The van der Waals surface area contributed by atoms with Crippen LogP contribution in [0.2, 0.25) is 0 Å². The van der Waals surface area contributed by atoms with Crippen LogP contribution in [0.5, 0.6) is 0 Å². The van der Waals surface area contributed by atoms with Gasteiger partial charge in [-0.05, 0) is 56.1 Å². The van der Waals surface area contributed by atoms with E-state index in [0.717, 1.165) is 31.4 Å². The van der Waals surface area contributed by atoms with E-state index < -0.39 is 11.5 Å². The second kappa shape index (κ2) is 5.26. The summed E-state index contributed by atoms with van der Waals surface area (Å²) in [4.78, 5) is 0. The van der Waals surface area contributed by atoms with Crippen molar-refractivity contribution >= 4 is 0 Å². The van der Waals surface area contributed by atoms with E-state index in [1.165, 1.54) is 0 Å². The molecule has 0 aromatic carbocycles. The minimum absolute atomic E-state index is 0.272. The van der Waals surface area contributed by atoms with Crippen LogP contribution >= 0.6 is 0 Å². The average molecular weight is 275 g/mol. The van der Waals surface area contributed by atoms with E-state index in [2.05, 4.69) is 26.8 Å². The van der Waals surface area contributed by atoms with Gasteiger partial charge in [-0.1, -0.05) is 20.8 Å². The maximum absolute atomic E-state index is 10.6. The second-order valence-electron chi connectivity index (χ2n) is 7.26. The SMILES string of the molecule is Cc1ccc(C(O)C2(C#N)CCC(C(C)(C)C)CC2)o1. The van der Waals surface area contributed by atoms with Crippen molar-refractivity contribution in [2.75, 3.05) is 0 Å². The third-order valence-electron chi connectivity index (χ3n) is 4.88. The van der Waals surface area contributed by atoms with E-state index in [1.54, 1.807) is 6.07 Å². The average Bonchev–Trinajstić information content (AvgIpc) is 2.83. The Labute approximate surface area is 121 Å². The highest BCUT2D eigenvalue weighted by atomic mass is 16.4. The molecule has 1 heterocycles. The van der Waals surface area contributed by atoms with Crippen molar-refractivity contribution < 1.29 is 9.52 Å². The number of aliphatic hydroxyl groups excluding tert-OH is 1. The lowest BCUT2D eigenvalue weighted by molar-refractivity contribution is -0.00412. The topological polar surface area (TPSA) is 57.2 Å². The summed E-state index contributed by atoms with van der Waals surface area (Å²) in [6.07, 6.45) is 2.66. The number of aliphatic hydroxyl groups is 1. The predicted molar refractivity (Wildman–Crippen MR) is 77.9 cm³/mol. The van der Waals surface area contributed by atoms with E-state index >= 15 is 0 Å². The summed E-state index contributed by atoms with van der Waals surface area (Å²) in [5.74, 6) is 1.92. The van der Waals surface area contributed by atoms with Crippen LogP contribution in [0.4, 0.5) is 0 Å². The minimum atomic E-state index is -0.817. The van der Waals surface area contributed by atoms with Crippen LogP contribution < -0.4 is 0 Å². The van der Waals surface area contributed by atoms with Gasteiger partial charge in [-0.25, -0.2) is 0 Å². The molecule has 0 radical (unpaired) electrons. The van der Waals surface area contributed by atoms with Gasteiger partial charge in [-0.2, -0.15) is 5.26 Å². The highest BCUT2D eigenvalue weighted by molar-refractivity contribution is 5.17. The highest BCUT2D eigenvalue weighted by Gasteiger charge is 2.45. The largest absolute Gasteiger partial charge is 0.464 e. The molecule has 1 fully saturated rings. The molecular formula is C17H25NO2. The van der Waals surface area contributed by atoms with E-state index in [4.69, 9.17) is 4.42 Å². The predicted octanol–water partition coefficient (Wildman–Crippen LogP) is 4.37. The molecule has 0 spiro atoms. The molecule has 1 unspecified atom stereocenters. The zero-order valence-corrected chi connectivity index (χ0v) is 12.9. The zero-order chi connectivity index (χ0) is 15.0. The number of nitrogens with zero attached hydrogens (tertiary/aromatic N) is 1. The van der Waals surface area contributed by atoms with Crippen molar-refractivity contribution in [2.45, 2.75) is 59.5 Å². The Kier molecular flexibility index (Phi) is 3.97. The molecule has 0 aliphatic heterocycles. The van der Waals surface area contributed by atoms with Gasteiger partial charge in [-0.3, -0.25) is 0 Å². The number of hydrogen-bond donors (Lipinski definition) is 1. The van der Waals surface area contributed by atoms with Gasteiger partial charge in [0.05, 0.1) is 11.5 Å². The van der Waals surface area contributed by atoms with Crippen molar-refractivity contribution in [2.24, 2.45) is 16.7 Å². The van der Waals surface area contributed by atoms with Crippen LogP contribution in [0.3, 0.4) is 0 Å². The first kappa shape index (κ1) is 15.1. The third kappa shape index (κ3) is 2.76. The molecule has 1 aromatic heterocycles. The summed E-state index contributed by atoms with van der Waals surface area (Å²) >= 11 is 0. The first-order chi connectivity index (χ1) is 9.28. The van der Waals surface area contributed by atoms with Crippen molar-refractivity contribution in [3.05, 3.63) is 23.7 Å². The molecule has 1 N–H and O–H groups in total. The van der Waals surface area contributed by atoms with Crippen LogP contribution in [0.25, 0.3) is 0 Å². The van der Waals surface area contributed by atoms with E-state index in [9.17, 15) is 10.4 Å². The molecular weight excluding hydrogens is 250 g/mol. The summed E-state index contributed by atoms with van der Waals surface area (Å²) in [5.41, 5.74) is -0.417. The van der Waals surface area contributed by atoms with Gasteiger partial charge in [0.2, 0.25) is 0 Å². The lowest BCUT2D eigenvalue weighted by Crippen LogP contribution is -2.35. The smallest absolute Gasteiger partial charge is 0.134 e. The molecule has 1 aliphatic carbocycles. The van der Waals surface area contributed by atoms with Crippen molar-refractivity contribution in [3.8, 4) is 6.07 Å². The molecule has 1 aliphatic rings. The van der Waals surface area contributed by atoms with Crippen molar-refractivity contribution in [1.82, 2.24) is 0 Å². The molecule has 0 saturated heterocycles. The Bertz CT molecular complexity index is 496. The fourth-order valence-electron chi connectivity index (χ4n) is 3.32. The lowest BCUT2D eigenvalue weighted by Gasteiger charge is -2.42. The fraction of sp³-hybridized carbons (Fsp3) is 0.706. The summed E-state index contributed by atoms with van der Waals surface area (Å²) < 4.78 is 5.52. The van der Waals surface area contributed by atoms with Crippen LogP contribution in [0.1, 0.15) is 64.1 Å². The molecule has 3 heteroatoms. The number of hydrogen-bond acceptors (Lipinski definition) is 3. The van der Waals surface area contributed by atoms with Crippen molar-refractivity contribution in [3.63, 3.8) is 0 Å². The Morgan fingerprint density at radius 3 is 2.35 bits per heavy atom. The Morgan fingerprint density at radius 2 is 1.95 bits per heavy atom. The lowest BCUT2D eigenvalue weighted by atomic mass is 9.62. The maximum Gasteiger partial charge on any atom is 0.134 e. The number of rotatable bonds is 2. The van der Waals surface area contributed by atoms with E-state index in [-0.39, 0.29) is 5.41 Å². The van der Waals surface area contributed by atoms with Crippen LogP contribution in [0.15, 0.2) is 16.5 Å². The van der Waals surface area contributed by atoms with E-state index in [0.29, 0.717) is 11.7 Å². The van der Waals surface area contributed by atoms with Gasteiger partial charge in [0.1, 0.15) is 17.6 Å². The molecule has 20 heavy (non-hydrogen) atoms. The second-order valence-corrected chi connectivity index (χ2v) is 7.26. The van der Waals surface area contributed by atoms with Gasteiger partial charge in [0.25, 0.3) is 0 Å². The third-order valence-corrected chi connectivity index (χ3v) is 4.88. The summed E-state index contributed by atoms with van der Waals surface area (Å²) in [7, 11) is 0. The van der Waals surface area contributed by atoms with Gasteiger partial charge in [0.15, 0.2) is 0 Å². The van der Waals surface area contributed by atoms with Crippen LogP contribution in [-0.2, 0) is 0 Å². The summed E-state index contributed by atoms with van der Waals surface area (Å²) in [5, 5.41) is 20.2. The van der Waals surface area contributed by atoms with Gasteiger partial charge in [0, 0.05) is 0 Å². The highest BCUT2D eigenvalue weighted by Crippen LogP contribution is 2.50. The number of nitriles is 1. The molecule has 1 saturated carbocycles.